The summed E-state index contributed by atoms with van der Waals surface area (Å²) in [6.07, 6.45) is 17.9. The van der Waals surface area contributed by atoms with E-state index in [0.29, 0.717) is 12.8 Å². The molecule has 0 amide bonds. The number of hydrogen-bond acceptors (Lipinski definition) is 2. The summed E-state index contributed by atoms with van der Waals surface area (Å²) >= 11 is 0. The molecule has 0 spiro atoms. The zero-order valence-corrected chi connectivity index (χ0v) is 15.7. The summed E-state index contributed by atoms with van der Waals surface area (Å²) in [6.45, 7) is 4.08. The molecule has 0 aromatic rings. The molecular weight excluding hydrogens is 319 g/mol. The van der Waals surface area contributed by atoms with Crippen LogP contribution < -0.4 is 0 Å². The van der Waals surface area contributed by atoms with Crippen molar-refractivity contribution in [3.8, 4) is 0 Å². The second-order valence-corrected chi connectivity index (χ2v) is 8.27. The van der Waals surface area contributed by atoms with Crippen LogP contribution in [0.15, 0.2) is 0 Å². The van der Waals surface area contributed by atoms with Crippen LogP contribution in [0.4, 0.5) is 0 Å². The average Bonchev–Trinajstić information content (AvgIpc) is 2.46. The predicted molar refractivity (Wildman–Crippen MR) is 103 cm³/mol. The Morgan fingerprint density at radius 2 is 1.04 bits per heavy atom. The van der Waals surface area contributed by atoms with Gasteiger partial charge < -0.3 is 0 Å². The van der Waals surface area contributed by atoms with Crippen LogP contribution in [0.3, 0.4) is 0 Å². The van der Waals surface area contributed by atoms with Crippen molar-refractivity contribution in [3.63, 3.8) is 0 Å². The molecule has 0 fully saturated rings. The van der Waals surface area contributed by atoms with Crippen molar-refractivity contribution < 1.29 is 13.0 Å². The Labute approximate surface area is 167 Å². The van der Waals surface area contributed by atoms with Crippen LogP contribution in [-0.2, 0) is 10.1 Å². The van der Waals surface area contributed by atoms with Crippen molar-refractivity contribution in [3.05, 3.63) is 0 Å². The van der Waals surface area contributed by atoms with Crippen molar-refractivity contribution in [2.45, 2.75) is 115 Å². The van der Waals surface area contributed by atoms with E-state index in [4.69, 9.17) is 4.55 Å². The standard InChI is InChI=1S/C18H38O3S.Na.H/c1-3-5-6-7-8-9-10-11-12-13-14-15-16-17-18(4-2)22(19,20)21;;/h18H,3-17H2,1-2H3,(H,19,20,21);;. The minimum absolute atomic E-state index is 0. The summed E-state index contributed by atoms with van der Waals surface area (Å²) in [7, 11) is -3.83. The topological polar surface area (TPSA) is 54.4 Å². The SMILES string of the molecule is CCCCCCCCCCCCCCCC(CC)S(=O)(=O)O.[NaH]. The van der Waals surface area contributed by atoms with Gasteiger partial charge in [-0.15, -0.1) is 0 Å². The predicted octanol–water partition coefficient (Wildman–Crippen LogP) is 5.49. The fourth-order valence-electron chi connectivity index (χ4n) is 2.95. The van der Waals surface area contributed by atoms with Gasteiger partial charge in [0.15, 0.2) is 0 Å². The van der Waals surface area contributed by atoms with Crippen molar-refractivity contribution in [1.29, 1.82) is 0 Å². The van der Waals surface area contributed by atoms with Gasteiger partial charge in [-0.05, 0) is 12.8 Å². The van der Waals surface area contributed by atoms with Gasteiger partial charge in [0.05, 0.1) is 5.25 Å². The zero-order chi connectivity index (χ0) is 16.7. The van der Waals surface area contributed by atoms with Gasteiger partial charge in [-0.2, -0.15) is 8.42 Å². The van der Waals surface area contributed by atoms with E-state index in [0.717, 1.165) is 12.8 Å². The zero-order valence-electron chi connectivity index (χ0n) is 14.9. The van der Waals surface area contributed by atoms with Crippen molar-refractivity contribution in [1.82, 2.24) is 0 Å². The molecular formula is C18H39NaO3S. The van der Waals surface area contributed by atoms with E-state index in [1.165, 1.54) is 70.6 Å². The normalized spacial score (nSPS) is 12.8. The van der Waals surface area contributed by atoms with E-state index in [1.54, 1.807) is 0 Å². The third kappa shape index (κ3) is 17.5. The average molecular weight is 359 g/mol. The molecule has 0 saturated heterocycles. The van der Waals surface area contributed by atoms with Crippen LogP contribution in [-0.4, -0.2) is 47.8 Å². The summed E-state index contributed by atoms with van der Waals surface area (Å²) < 4.78 is 31.2. The Morgan fingerprint density at radius 3 is 1.35 bits per heavy atom. The maximum absolute atomic E-state index is 11.1. The van der Waals surface area contributed by atoms with Gasteiger partial charge in [0.1, 0.15) is 0 Å². The van der Waals surface area contributed by atoms with Crippen LogP contribution >= 0.6 is 0 Å². The second-order valence-electron chi connectivity index (χ2n) is 6.58. The Kier molecular flexibility index (Phi) is 20.1. The summed E-state index contributed by atoms with van der Waals surface area (Å²) in [4.78, 5) is 0. The van der Waals surface area contributed by atoms with E-state index in [9.17, 15) is 8.42 Å². The Morgan fingerprint density at radius 1 is 0.696 bits per heavy atom. The Balaban J connectivity index is 0. The molecule has 0 bridgehead atoms. The van der Waals surface area contributed by atoms with Crippen molar-refractivity contribution in [2.75, 3.05) is 0 Å². The molecule has 1 unspecified atom stereocenters. The Bertz CT molecular complexity index is 331. The summed E-state index contributed by atoms with van der Waals surface area (Å²) in [5.41, 5.74) is 0. The molecule has 0 aliphatic heterocycles. The molecule has 0 radical (unpaired) electrons. The summed E-state index contributed by atoms with van der Waals surface area (Å²) in [5, 5.41) is -0.555. The molecule has 0 aliphatic rings. The number of rotatable bonds is 16. The first-order valence-corrected chi connectivity index (χ1v) is 11.0. The van der Waals surface area contributed by atoms with Gasteiger partial charge in [0.2, 0.25) is 0 Å². The molecule has 0 rings (SSSR count). The van der Waals surface area contributed by atoms with E-state index in [2.05, 4.69) is 6.92 Å². The molecule has 136 valence electrons. The molecule has 0 heterocycles. The fraction of sp³-hybridized carbons (Fsp3) is 1.00. The van der Waals surface area contributed by atoms with Crippen LogP contribution in [0.5, 0.6) is 0 Å². The molecule has 1 atom stereocenters. The first-order valence-electron chi connectivity index (χ1n) is 9.48. The molecule has 5 heteroatoms. The van der Waals surface area contributed by atoms with E-state index >= 15 is 0 Å². The van der Waals surface area contributed by atoms with Crippen LogP contribution in [0, 0.1) is 0 Å². The maximum atomic E-state index is 11.1. The first-order chi connectivity index (χ1) is 10.5. The van der Waals surface area contributed by atoms with E-state index in [-0.39, 0.29) is 29.6 Å². The second kappa shape index (κ2) is 17.7. The molecule has 23 heavy (non-hydrogen) atoms. The van der Waals surface area contributed by atoms with E-state index < -0.39 is 15.4 Å². The van der Waals surface area contributed by atoms with E-state index in [1.807, 2.05) is 6.92 Å². The molecule has 0 aliphatic carbocycles. The van der Waals surface area contributed by atoms with Crippen molar-refractivity contribution in [2.24, 2.45) is 0 Å². The monoisotopic (exact) mass is 358 g/mol. The minimum atomic E-state index is -3.83. The third-order valence-electron chi connectivity index (χ3n) is 4.51. The molecule has 1 N–H and O–H groups in total. The van der Waals surface area contributed by atoms with Crippen molar-refractivity contribution >= 4 is 39.7 Å². The molecule has 0 saturated carbocycles. The molecule has 0 aromatic carbocycles. The van der Waals surface area contributed by atoms with Gasteiger partial charge in [-0.25, -0.2) is 0 Å². The van der Waals surface area contributed by atoms with Crippen LogP contribution in [0.25, 0.3) is 0 Å². The van der Waals surface area contributed by atoms with Crippen LogP contribution in [0.1, 0.15) is 110 Å². The van der Waals surface area contributed by atoms with Gasteiger partial charge >= 0.3 is 29.6 Å². The number of hydrogen-bond donors (Lipinski definition) is 1. The Hall–Kier alpha value is 0.910. The van der Waals surface area contributed by atoms with Gasteiger partial charge in [-0.3, -0.25) is 4.55 Å². The quantitative estimate of drug-likeness (QED) is 0.226. The van der Waals surface area contributed by atoms with Gasteiger partial charge in [0, 0.05) is 0 Å². The van der Waals surface area contributed by atoms with Gasteiger partial charge in [-0.1, -0.05) is 97.3 Å². The summed E-state index contributed by atoms with van der Waals surface area (Å²) in [6, 6.07) is 0. The first kappa shape index (κ1) is 26.1. The van der Waals surface area contributed by atoms with Crippen LogP contribution in [0.2, 0.25) is 0 Å². The summed E-state index contributed by atoms with van der Waals surface area (Å²) in [5.74, 6) is 0. The number of unbranched alkanes of at least 4 members (excludes halogenated alkanes) is 12. The van der Waals surface area contributed by atoms with Gasteiger partial charge in [0.25, 0.3) is 10.1 Å². The fourth-order valence-corrected chi connectivity index (χ4v) is 3.84. The molecule has 3 nitrogen and oxygen atoms in total. The molecule has 0 aromatic heterocycles. The third-order valence-corrected chi connectivity index (χ3v) is 5.92.